The first-order chi connectivity index (χ1) is 11.0. The van der Waals surface area contributed by atoms with Gasteiger partial charge in [-0.25, -0.2) is 0 Å². The Labute approximate surface area is 147 Å². The van der Waals surface area contributed by atoms with E-state index in [0.29, 0.717) is 11.4 Å². The smallest absolute Gasteiger partial charge is 0.330 e. The normalized spacial score (nSPS) is 10.7. The molecule has 0 amide bonds. The highest BCUT2D eigenvalue weighted by molar-refractivity contribution is 9.10. The highest BCUT2D eigenvalue weighted by Gasteiger charge is 2.20. The SMILES string of the molecule is Nc1c(O)n(-c2ccc(Br)cc2)n(Oc2ccc(Br)cc2)c1=O. The molecule has 0 unspecified atom stereocenters. The van der Waals surface area contributed by atoms with E-state index in [4.69, 9.17) is 10.6 Å². The van der Waals surface area contributed by atoms with Gasteiger partial charge in [-0.3, -0.25) is 4.79 Å². The van der Waals surface area contributed by atoms with E-state index < -0.39 is 5.56 Å². The van der Waals surface area contributed by atoms with Crippen LogP contribution in [0, 0.1) is 0 Å². The van der Waals surface area contributed by atoms with Crippen molar-refractivity contribution in [1.29, 1.82) is 0 Å². The van der Waals surface area contributed by atoms with Gasteiger partial charge in [0.05, 0.1) is 5.69 Å². The van der Waals surface area contributed by atoms with Crippen molar-refractivity contribution in [3.8, 4) is 17.3 Å². The Morgan fingerprint density at radius 1 is 0.957 bits per heavy atom. The van der Waals surface area contributed by atoms with Gasteiger partial charge in [0, 0.05) is 8.95 Å². The number of anilines is 1. The van der Waals surface area contributed by atoms with E-state index in [2.05, 4.69) is 31.9 Å². The number of benzene rings is 2. The van der Waals surface area contributed by atoms with Gasteiger partial charge in [0.1, 0.15) is 0 Å². The number of halogens is 2. The lowest BCUT2D eigenvalue weighted by atomic mass is 10.3. The second-order valence-corrected chi connectivity index (χ2v) is 6.48. The minimum absolute atomic E-state index is 0.287. The lowest BCUT2D eigenvalue weighted by Crippen LogP contribution is -2.27. The van der Waals surface area contributed by atoms with Gasteiger partial charge in [-0.05, 0) is 48.5 Å². The zero-order valence-corrected chi connectivity index (χ0v) is 14.8. The Morgan fingerprint density at radius 2 is 1.48 bits per heavy atom. The molecule has 0 fully saturated rings. The third-order valence-corrected chi connectivity index (χ3v) is 4.16. The third-order valence-electron chi connectivity index (χ3n) is 3.10. The predicted molar refractivity (Wildman–Crippen MR) is 94.0 cm³/mol. The lowest BCUT2D eigenvalue weighted by Gasteiger charge is -2.12. The minimum atomic E-state index is -0.645. The molecule has 1 heterocycles. The highest BCUT2D eigenvalue weighted by Crippen LogP contribution is 2.24. The van der Waals surface area contributed by atoms with Crippen LogP contribution in [0.1, 0.15) is 0 Å². The third kappa shape index (κ3) is 2.99. The van der Waals surface area contributed by atoms with Crippen LogP contribution >= 0.6 is 31.9 Å². The van der Waals surface area contributed by atoms with Gasteiger partial charge in [0.2, 0.25) is 5.88 Å². The average Bonchev–Trinajstić information content (AvgIpc) is 2.75. The Balaban J connectivity index is 2.12. The summed E-state index contributed by atoms with van der Waals surface area (Å²) in [6.07, 6.45) is 0. The summed E-state index contributed by atoms with van der Waals surface area (Å²) in [5, 5.41) is 10.2. The summed E-state index contributed by atoms with van der Waals surface area (Å²) in [4.78, 5) is 18.7. The maximum absolute atomic E-state index is 12.2. The number of hydrogen-bond donors (Lipinski definition) is 2. The fraction of sp³-hybridized carbons (Fsp3) is 0. The van der Waals surface area contributed by atoms with Crippen molar-refractivity contribution in [2.45, 2.75) is 0 Å². The van der Waals surface area contributed by atoms with Crippen LogP contribution in [0.15, 0.2) is 62.3 Å². The first-order valence-electron chi connectivity index (χ1n) is 6.49. The fourth-order valence-electron chi connectivity index (χ4n) is 1.98. The Kier molecular flexibility index (Phi) is 4.18. The monoisotopic (exact) mass is 439 g/mol. The van der Waals surface area contributed by atoms with Gasteiger partial charge in [-0.1, -0.05) is 36.7 Å². The molecule has 23 heavy (non-hydrogen) atoms. The van der Waals surface area contributed by atoms with Crippen molar-refractivity contribution in [2.75, 3.05) is 5.73 Å². The Bertz CT molecular complexity index is 899. The molecular formula is C15H11Br2N3O3. The summed E-state index contributed by atoms with van der Waals surface area (Å²) >= 11 is 6.66. The van der Waals surface area contributed by atoms with Gasteiger partial charge in [0.15, 0.2) is 11.4 Å². The summed E-state index contributed by atoms with van der Waals surface area (Å²) in [6, 6.07) is 13.9. The molecule has 0 spiro atoms. The summed E-state index contributed by atoms with van der Waals surface area (Å²) in [7, 11) is 0. The van der Waals surface area contributed by atoms with E-state index in [9.17, 15) is 9.90 Å². The molecular weight excluding hydrogens is 430 g/mol. The molecule has 0 saturated carbocycles. The number of rotatable bonds is 3. The number of hydrogen-bond acceptors (Lipinski definition) is 4. The molecule has 0 aliphatic heterocycles. The number of aromatic hydroxyl groups is 1. The summed E-state index contributed by atoms with van der Waals surface area (Å²) in [6.45, 7) is 0. The van der Waals surface area contributed by atoms with Crippen LogP contribution in [0.4, 0.5) is 5.69 Å². The topological polar surface area (TPSA) is 82.4 Å². The minimum Gasteiger partial charge on any atom is -0.492 e. The molecule has 3 aromatic rings. The quantitative estimate of drug-likeness (QED) is 0.654. The molecule has 0 atom stereocenters. The zero-order chi connectivity index (χ0) is 16.6. The van der Waals surface area contributed by atoms with Gasteiger partial charge in [-0.15, -0.1) is 0 Å². The molecule has 118 valence electrons. The maximum Gasteiger partial charge on any atom is 0.330 e. The Hall–Kier alpha value is -2.19. The summed E-state index contributed by atoms with van der Waals surface area (Å²) in [5.74, 6) is 0.0422. The summed E-state index contributed by atoms with van der Waals surface area (Å²) < 4.78 is 2.94. The molecule has 0 saturated heterocycles. The predicted octanol–water partition coefficient (Wildman–Crippen LogP) is 3.29. The van der Waals surface area contributed by atoms with E-state index >= 15 is 0 Å². The highest BCUT2D eigenvalue weighted by atomic mass is 79.9. The first-order valence-corrected chi connectivity index (χ1v) is 8.08. The van der Waals surface area contributed by atoms with Crippen molar-refractivity contribution < 1.29 is 9.94 Å². The average molecular weight is 441 g/mol. The van der Waals surface area contributed by atoms with Crippen LogP contribution in [0.2, 0.25) is 0 Å². The fourth-order valence-corrected chi connectivity index (χ4v) is 2.51. The van der Waals surface area contributed by atoms with Crippen molar-refractivity contribution >= 4 is 37.5 Å². The lowest BCUT2D eigenvalue weighted by molar-refractivity contribution is 0.144. The molecule has 2 aromatic carbocycles. The molecule has 1 aromatic heterocycles. The van der Waals surface area contributed by atoms with Crippen molar-refractivity contribution in [3.05, 3.63) is 67.8 Å². The molecule has 0 aliphatic carbocycles. The van der Waals surface area contributed by atoms with Gasteiger partial charge >= 0.3 is 5.56 Å². The zero-order valence-electron chi connectivity index (χ0n) is 11.6. The van der Waals surface area contributed by atoms with Crippen LogP contribution in [-0.2, 0) is 0 Å². The molecule has 3 rings (SSSR count). The van der Waals surface area contributed by atoms with Crippen LogP contribution < -0.4 is 16.1 Å². The largest absolute Gasteiger partial charge is 0.492 e. The van der Waals surface area contributed by atoms with Crippen LogP contribution in [0.3, 0.4) is 0 Å². The van der Waals surface area contributed by atoms with E-state index in [1.54, 1.807) is 48.5 Å². The molecule has 8 heteroatoms. The standard InChI is InChI=1S/C15H11Br2N3O3/c16-9-1-5-11(6-2-9)19-14(21)13(18)15(22)20(19)23-12-7-3-10(17)4-8-12/h1-8,21H,18H2. The number of nitrogens with zero attached hydrogens (tertiary/aromatic N) is 2. The molecule has 0 bridgehead atoms. The molecule has 3 N–H and O–H groups in total. The van der Waals surface area contributed by atoms with E-state index in [1.807, 2.05) is 0 Å². The first kappa shape index (κ1) is 15.7. The number of aromatic nitrogens is 2. The van der Waals surface area contributed by atoms with Crippen molar-refractivity contribution in [2.24, 2.45) is 0 Å². The van der Waals surface area contributed by atoms with E-state index in [1.165, 1.54) is 4.68 Å². The molecule has 0 aliphatic rings. The van der Waals surface area contributed by atoms with Gasteiger partial charge < -0.3 is 15.7 Å². The molecule has 6 nitrogen and oxygen atoms in total. The van der Waals surface area contributed by atoms with E-state index in [-0.39, 0.29) is 11.6 Å². The summed E-state index contributed by atoms with van der Waals surface area (Å²) in [5.41, 5.74) is 5.24. The second kappa shape index (κ2) is 6.13. The number of nitrogen functional groups attached to an aromatic ring is 1. The number of nitrogens with two attached hydrogens (primary N) is 1. The van der Waals surface area contributed by atoms with Crippen molar-refractivity contribution in [1.82, 2.24) is 9.53 Å². The van der Waals surface area contributed by atoms with Crippen LogP contribution in [-0.4, -0.2) is 14.6 Å². The Morgan fingerprint density at radius 3 is 2.04 bits per heavy atom. The van der Waals surface area contributed by atoms with Gasteiger partial charge in [-0.2, -0.15) is 4.68 Å². The molecule has 0 radical (unpaired) electrons. The van der Waals surface area contributed by atoms with E-state index in [0.717, 1.165) is 13.8 Å². The van der Waals surface area contributed by atoms with Crippen LogP contribution in [0.5, 0.6) is 11.6 Å². The van der Waals surface area contributed by atoms with Gasteiger partial charge in [0.25, 0.3) is 0 Å². The maximum atomic E-state index is 12.2. The van der Waals surface area contributed by atoms with Crippen molar-refractivity contribution in [3.63, 3.8) is 0 Å². The van der Waals surface area contributed by atoms with Crippen LogP contribution in [0.25, 0.3) is 5.69 Å². The second-order valence-electron chi connectivity index (χ2n) is 4.65.